The number of carbonyl (C=O) groups is 1. The van der Waals surface area contributed by atoms with Crippen LogP contribution in [-0.2, 0) is 4.79 Å². The molecule has 1 amide bonds. The molecule has 2 unspecified atom stereocenters. The van der Waals surface area contributed by atoms with Gasteiger partial charge in [0, 0.05) is 6.04 Å². The minimum absolute atomic E-state index is 0.0410. The number of nitrogens with one attached hydrogen (secondary N) is 2. The van der Waals surface area contributed by atoms with E-state index in [4.69, 9.17) is 0 Å². The van der Waals surface area contributed by atoms with Crippen LogP contribution in [-0.4, -0.2) is 24.5 Å². The third-order valence-corrected chi connectivity index (χ3v) is 3.74. The molecule has 1 aliphatic rings. The lowest BCUT2D eigenvalue weighted by atomic mass is 9.90. The summed E-state index contributed by atoms with van der Waals surface area (Å²) in [6, 6.07) is 0.385. The van der Waals surface area contributed by atoms with E-state index in [2.05, 4.69) is 31.4 Å². The van der Waals surface area contributed by atoms with Crippen LogP contribution in [0.4, 0.5) is 0 Å². The largest absolute Gasteiger partial charge is 0.352 e. The molecule has 16 heavy (non-hydrogen) atoms. The lowest BCUT2D eigenvalue weighted by Crippen LogP contribution is -2.51. The highest BCUT2D eigenvalue weighted by atomic mass is 16.2. The zero-order valence-corrected chi connectivity index (χ0v) is 10.9. The van der Waals surface area contributed by atoms with Gasteiger partial charge in [0.25, 0.3) is 0 Å². The summed E-state index contributed by atoms with van der Waals surface area (Å²) >= 11 is 0. The smallest absolute Gasteiger partial charge is 0.237 e. The van der Waals surface area contributed by atoms with Crippen LogP contribution in [0.1, 0.15) is 52.9 Å². The minimum atomic E-state index is 0.0410. The summed E-state index contributed by atoms with van der Waals surface area (Å²) in [7, 11) is 0. The van der Waals surface area contributed by atoms with E-state index in [-0.39, 0.29) is 11.9 Å². The van der Waals surface area contributed by atoms with Crippen molar-refractivity contribution in [3.05, 3.63) is 0 Å². The van der Waals surface area contributed by atoms with E-state index in [1.807, 2.05) is 0 Å². The van der Waals surface area contributed by atoms with Crippen LogP contribution >= 0.6 is 0 Å². The van der Waals surface area contributed by atoms with Crippen LogP contribution in [0.5, 0.6) is 0 Å². The molecule has 1 heterocycles. The van der Waals surface area contributed by atoms with Crippen LogP contribution in [0.3, 0.4) is 0 Å². The molecule has 0 aliphatic carbocycles. The fraction of sp³-hybridized carbons (Fsp3) is 0.923. The number of amides is 1. The number of rotatable bonds is 5. The van der Waals surface area contributed by atoms with Crippen LogP contribution in [0.15, 0.2) is 0 Å². The number of hydrogen-bond acceptors (Lipinski definition) is 2. The molecule has 3 nitrogen and oxygen atoms in total. The third kappa shape index (κ3) is 3.78. The second kappa shape index (κ2) is 6.89. The van der Waals surface area contributed by atoms with Crippen LogP contribution in [0.2, 0.25) is 0 Å². The summed E-state index contributed by atoms with van der Waals surface area (Å²) in [5.74, 6) is 0.922. The van der Waals surface area contributed by atoms with E-state index >= 15 is 0 Å². The first-order chi connectivity index (χ1) is 7.71. The molecule has 0 aromatic carbocycles. The highest BCUT2D eigenvalue weighted by Gasteiger charge is 2.26. The molecule has 1 aliphatic heterocycles. The van der Waals surface area contributed by atoms with Gasteiger partial charge in [-0.25, -0.2) is 0 Å². The van der Waals surface area contributed by atoms with E-state index in [9.17, 15) is 4.79 Å². The van der Waals surface area contributed by atoms with E-state index in [1.54, 1.807) is 0 Å². The Bertz CT molecular complexity index is 214. The first-order valence-electron chi connectivity index (χ1n) is 6.74. The molecule has 0 saturated carbocycles. The Morgan fingerprint density at radius 1 is 1.38 bits per heavy atom. The van der Waals surface area contributed by atoms with Gasteiger partial charge in [-0.1, -0.05) is 27.2 Å². The van der Waals surface area contributed by atoms with Gasteiger partial charge in [0.15, 0.2) is 0 Å². The van der Waals surface area contributed by atoms with Crippen molar-refractivity contribution in [2.24, 2.45) is 5.92 Å². The average Bonchev–Trinajstić information content (AvgIpc) is 2.35. The van der Waals surface area contributed by atoms with Crippen molar-refractivity contribution in [3.8, 4) is 0 Å². The average molecular weight is 226 g/mol. The topological polar surface area (TPSA) is 41.1 Å². The summed E-state index contributed by atoms with van der Waals surface area (Å²) in [4.78, 5) is 12.0. The van der Waals surface area contributed by atoms with Gasteiger partial charge in [-0.3, -0.25) is 4.79 Å². The summed E-state index contributed by atoms with van der Waals surface area (Å²) in [6.07, 6.45) is 5.45. The van der Waals surface area contributed by atoms with E-state index < -0.39 is 0 Å². The Morgan fingerprint density at radius 3 is 2.62 bits per heavy atom. The summed E-state index contributed by atoms with van der Waals surface area (Å²) < 4.78 is 0. The Hall–Kier alpha value is -0.570. The molecule has 3 heteroatoms. The van der Waals surface area contributed by atoms with Crippen LogP contribution in [0, 0.1) is 5.92 Å². The van der Waals surface area contributed by atoms with Crippen molar-refractivity contribution in [2.75, 3.05) is 6.54 Å². The summed E-state index contributed by atoms with van der Waals surface area (Å²) in [5.41, 5.74) is 0. The highest BCUT2D eigenvalue weighted by Crippen LogP contribution is 2.19. The molecule has 1 fully saturated rings. The number of carbonyl (C=O) groups excluding carboxylic acids is 1. The van der Waals surface area contributed by atoms with Crippen molar-refractivity contribution in [1.29, 1.82) is 0 Å². The van der Waals surface area contributed by atoms with Crippen LogP contribution in [0.25, 0.3) is 0 Å². The molecule has 2 atom stereocenters. The molecular weight excluding hydrogens is 200 g/mol. The Morgan fingerprint density at radius 2 is 2.06 bits per heavy atom. The predicted octanol–water partition coefficient (Wildman–Crippen LogP) is 2.07. The van der Waals surface area contributed by atoms with Crippen molar-refractivity contribution >= 4 is 5.91 Å². The van der Waals surface area contributed by atoms with Gasteiger partial charge >= 0.3 is 0 Å². The predicted molar refractivity (Wildman–Crippen MR) is 67.3 cm³/mol. The number of hydrogen-bond donors (Lipinski definition) is 2. The molecule has 0 aromatic heterocycles. The Labute approximate surface area is 99.4 Å². The van der Waals surface area contributed by atoms with Crippen molar-refractivity contribution in [2.45, 2.75) is 65.0 Å². The maximum atomic E-state index is 12.0. The Kier molecular flexibility index (Phi) is 5.81. The monoisotopic (exact) mass is 226 g/mol. The quantitative estimate of drug-likeness (QED) is 0.753. The van der Waals surface area contributed by atoms with Crippen molar-refractivity contribution in [3.63, 3.8) is 0 Å². The highest BCUT2D eigenvalue weighted by molar-refractivity contribution is 5.82. The van der Waals surface area contributed by atoms with Gasteiger partial charge in [-0.05, 0) is 38.1 Å². The second-order valence-corrected chi connectivity index (χ2v) is 4.83. The fourth-order valence-electron chi connectivity index (χ4n) is 2.36. The molecule has 94 valence electrons. The molecule has 1 rings (SSSR count). The zero-order chi connectivity index (χ0) is 12.0. The lowest BCUT2D eigenvalue weighted by molar-refractivity contribution is -0.124. The summed E-state index contributed by atoms with van der Waals surface area (Å²) in [5, 5.41) is 6.45. The van der Waals surface area contributed by atoms with Gasteiger partial charge in [0.2, 0.25) is 5.91 Å². The first-order valence-corrected chi connectivity index (χ1v) is 6.74. The van der Waals surface area contributed by atoms with E-state index in [0.717, 1.165) is 31.7 Å². The molecule has 0 radical (unpaired) electrons. The summed E-state index contributed by atoms with van der Waals surface area (Å²) in [6.45, 7) is 7.44. The van der Waals surface area contributed by atoms with Gasteiger partial charge in [-0.15, -0.1) is 0 Å². The van der Waals surface area contributed by atoms with Gasteiger partial charge < -0.3 is 10.6 Å². The van der Waals surface area contributed by atoms with Gasteiger partial charge in [0.1, 0.15) is 0 Å². The van der Waals surface area contributed by atoms with E-state index in [0.29, 0.717) is 6.04 Å². The molecule has 0 bridgehead atoms. The maximum Gasteiger partial charge on any atom is 0.237 e. The molecule has 0 aromatic rings. The fourth-order valence-corrected chi connectivity index (χ4v) is 2.36. The lowest BCUT2D eigenvalue weighted by Gasteiger charge is -2.30. The maximum absolute atomic E-state index is 12.0. The van der Waals surface area contributed by atoms with Crippen molar-refractivity contribution < 1.29 is 4.79 Å². The van der Waals surface area contributed by atoms with E-state index in [1.165, 1.54) is 12.8 Å². The minimum Gasteiger partial charge on any atom is -0.352 e. The zero-order valence-electron chi connectivity index (χ0n) is 10.9. The normalized spacial score (nSPS) is 25.8. The van der Waals surface area contributed by atoms with Crippen LogP contribution < -0.4 is 10.6 Å². The van der Waals surface area contributed by atoms with Gasteiger partial charge in [-0.2, -0.15) is 0 Å². The second-order valence-electron chi connectivity index (χ2n) is 4.83. The molecule has 0 spiro atoms. The molecule has 1 saturated heterocycles. The standard InChI is InChI=1S/C13H26N2O/c1-4-10-7-8-14-12(9-10)13(16)15-11(5-2)6-3/h10-12,14H,4-9H2,1-3H3,(H,15,16). The van der Waals surface area contributed by atoms with Gasteiger partial charge in [0.05, 0.1) is 6.04 Å². The molecular formula is C13H26N2O. The van der Waals surface area contributed by atoms with Crippen molar-refractivity contribution in [1.82, 2.24) is 10.6 Å². The Balaban J connectivity index is 2.40. The third-order valence-electron chi connectivity index (χ3n) is 3.74. The number of piperidine rings is 1. The SMILES string of the molecule is CCC1CCNC(C(=O)NC(CC)CC)C1. The first kappa shape index (κ1) is 13.5. The molecule has 2 N–H and O–H groups in total.